The highest BCUT2D eigenvalue weighted by Crippen LogP contribution is 2.15. The number of amides is 2. The average molecular weight is 295 g/mol. The molecule has 0 unspecified atom stereocenters. The average Bonchev–Trinajstić information content (AvgIpc) is 3.05. The lowest BCUT2D eigenvalue weighted by molar-refractivity contribution is 0.262. The van der Waals surface area contributed by atoms with Crippen LogP contribution < -0.4 is 10.6 Å². The Kier molecular flexibility index (Phi) is 3.69. The van der Waals surface area contributed by atoms with Crippen molar-refractivity contribution in [2.45, 2.75) is 0 Å². The molecule has 0 spiro atoms. The molecule has 3 rings (SSSR count). The molecule has 0 aliphatic rings. The number of aromatic hydroxyl groups is 1. The Balaban J connectivity index is 1.63. The Morgan fingerprint density at radius 1 is 0.955 bits per heavy atom. The van der Waals surface area contributed by atoms with Gasteiger partial charge >= 0.3 is 6.03 Å². The van der Waals surface area contributed by atoms with Crippen LogP contribution in [-0.2, 0) is 0 Å². The number of nitrogens with zero attached hydrogens (tertiary/aromatic N) is 3. The molecule has 110 valence electrons. The molecule has 1 heterocycles. The fraction of sp³-hybridized carbons (Fsp3) is 0. The summed E-state index contributed by atoms with van der Waals surface area (Å²) in [4.78, 5) is 11.9. The molecule has 2 amide bonds. The molecule has 1 aromatic heterocycles. The van der Waals surface area contributed by atoms with Crippen LogP contribution in [0.2, 0.25) is 0 Å². The Labute approximate surface area is 126 Å². The predicted molar refractivity (Wildman–Crippen MR) is 82.1 cm³/mol. The Bertz CT molecular complexity index is 752. The van der Waals surface area contributed by atoms with Crippen molar-refractivity contribution in [3.8, 4) is 11.4 Å². The molecule has 3 N–H and O–H groups in total. The number of anilines is 2. The van der Waals surface area contributed by atoms with Crippen molar-refractivity contribution >= 4 is 17.4 Å². The minimum atomic E-state index is -0.362. The van der Waals surface area contributed by atoms with Gasteiger partial charge in [0.05, 0.1) is 18.1 Å². The maximum atomic E-state index is 11.9. The van der Waals surface area contributed by atoms with Crippen LogP contribution in [0.3, 0.4) is 0 Å². The van der Waals surface area contributed by atoms with Gasteiger partial charge in [-0.05, 0) is 48.5 Å². The zero-order chi connectivity index (χ0) is 15.4. The molecule has 0 radical (unpaired) electrons. The predicted octanol–water partition coefficient (Wildman–Crippen LogP) is 2.62. The van der Waals surface area contributed by atoms with Crippen LogP contribution in [0.25, 0.3) is 5.69 Å². The molecular formula is C15H13N5O2. The van der Waals surface area contributed by atoms with Crippen LogP contribution in [0.4, 0.5) is 16.2 Å². The van der Waals surface area contributed by atoms with Gasteiger partial charge in [-0.1, -0.05) is 5.21 Å². The number of phenols is 1. The van der Waals surface area contributed by atoms with E-state index < -0.39 is 0 Å². The highest BCUT2D eigenvalue weighted by atomic mass is 16.3. The van der Waals surface area contributed by atoms with Crippen molar-refractivity contribution in [1.82, 2.24) is 15.0 Å². The first-order chi connectivity index (χ1) is 10.7. The van der Waals surface area contributed by atoms with E-state index in [0.717, 1.165) is 5.69 Å². The summed E-state index contributed by atoms with van der Waals surface area (Å²) in [6.45, 7) is 0. The number of rotatable bonds is 3. The smallest absolute Gasteiger partial charge is 0.323 e. The summed E-state index contributed by atoms with van der Waals surface area (Å²) >= 11 is 0. The lowest BCUT2D eigenvalue weighted by Crippen LogP contribution is -2.19. The van der Waals surface area contributed by atoms with Gasteiger partial charge in [0.2, 0.25) is 0 Å². The number of aromatic nitrogens is 3. The van der Waals surface area contributed by atoms with Crippen LogP contribution in [-0.4, -0.2) is 26.1 Å². The quantitative estimate of drug-likeness (QED) is 0.648. The van der Waals surface area contributed by atoms with Gasteiger partial charge in [-0.25, -0.2) is 9.48 Å². The van der Waals surface area contributed by atoms with Crippen molar-refractivity contribution < 1.29 is 9.90 Å². The van der Waals surface area contributed by atoms with Gasteiger partial charge in [0.1, 0.15) is 5.75 Å². The number of carbonyl (C=O) groups is 1. The standard InChI is InChI=1S/C15H13N5O2/c21-14-7-3-12(4-8-14)18-15(22)17-11-1-5-13(6-2-11)20-10-9-16-19-20/h1-10,21H,(H2,17,18,22). The zero-order valence-electron chi connectivity index (χ0n) is 11.5. The Morgan fingerprint density at radius 2 is 1.55 bits per heavy atom. The summed E-state index contributed by atoms with van der Waals surface area (Å²) < 4.78 is 1.63. The van der Waals surface area contributed by atoms with Gasteiger partial charge in [-0.3, -0.25) is 0 Å². The molecule has 7 heteroatoms. The third-order valence-corrected chi connectivity index (χ3v) is 2.94. The van der Waals surface area contributed by atoms with E-state index in [-0.39, 0.29) is 11.8 Å². The van der Waals surface area contributed by atoms with Gasteiger partial charge in [0.15, 0.2) is 0 Å². The maximum absolute atomic E-state index is 11.9. The first-order valence-corrected chi connectivity index (χ1v) is 6.54. The van der Waals surface area contributed by atoms with Crippen LogP contribution in [0.5, 0.6) is 5.75 Å². The first-order valence-electron chi connectivity index (χ1n) is 6.54. The zero-order valence-corrected chi connectivity index (χ0v) is 11.5. The number of hydrogen-bond acceptors (Lipinski definition) is 4. The molecule has 0 saturated heterocycles. The lowest BCUT2D eigenvalue weighted by atomic mass is 10.3. The van der Waals surface area contributed by atoms with E-state index >= 15 is 0 Å². The second-order valence-corrected chi connectivity index (χ2v) is 4.52. The van der Waals surface area contributed by atoms with Gasteiger partial charge in [-0.2, -0.15) is 0 Å². The summed E-state index contributed by atoms with van der Waals surface area (Å²) in [7, 11) is 0. The molecule has 0 fully saturated rings. The van der Waals surface area contributed by atoms with Gasteiger partial charge in [0.25, 0.3) is 0 Å². The maximum Gasteiger partial charge on any atom is 0.323 e. The highest BCUT2D eigenvalue weighted by Gasteiger charge is 2.03. The Morgan fingerprint density at radius 3 is 2.09 bits per heavy atom. The number of urea groups is 1. The van der Waals surface area contributed by atoms with Crippen LogP contribution in [0.15, 0.2) is 60.9 Å². The molecule has 0 bridgehead atoms. The summed E-state index contributed by atoms with van der Waals surface area (Å²) in [5.74, 6) is 0.148. The molecule has 0 saturated carbocycles. The number of nitrogens with one attached hydrogen (secondary N) is 2. The molecule has 2 aromatic carbocycles. The number of benzene rings is 2. The van der Waals surface area contributed by atoms with E-state index in [2.05, 4.69) is 20.9 Å². The molecule has 0 aliphatic carbocycles. The number of phenolic OH excluding ortho intramolecular Hbond substituents is 1. The van der Waals surface area contributed by atoms with E-state index in [9.17, 15) is 9.90 Å². The molecule has 7 nitrogen and oxygen atoms in total. The summed E-state index contributed by atoms with van der Waals surface area (Å²) in [6.07, 6.45) is 3.33. The van der Waals surface area contributed by atoms with Crippen LogP contribution in [0.1, 0.15) is 0 Å². The highest BCUT2D eigenvalue weighted by molar-refractivity contribution is 5.99. The molecule has 0 atom stereocenters. The first kappa shape index (κ1) is 13.6. The monoisotopic (exact) mass is 295 g/mol. The fourth-order valence-corrected chi connectivity index (χ4v) is 1.88. The third-order valence-electron chi connectivity index (χ3n) is 2.94. The minimum absolute atomic E-state index is 0.148. The lowest BCUT2D eigenvalue weighted by Gasteiger charge is -2.08. The minimum Gasteiger partial charge on any atom is -0.508 e. The topological polar surface area (TPSA) is 92.1 Å². The second-order valence-electron chi connectivity index (χ2n) is 4.52. The van der Waals surface area contributed by atoms with Gasteiger partial charge in [0, 0.05) is 11.4 Å². The molecular weight excluding hydrogens is 282 g/mol. The van der Waals surface area contributed by atoms with Crippen molar-refractivity contribution in [2.75, 3.05) is 10.6 Å². The summed E-state index contributed by atoms with van der Waals surface area (Å²) in [5, 5.41) is 22.2. The van der Waals surface area contributed by atoms with Crippen molar-refractivity contribution in [1.29, 1.82) is 0 Å². The van der Waals surface area contributed by atoms with Gasteiger partial charge in [-0.15, -0.1) is 5.10 Å². The van der Waals surface area contributed by atoms with E-state index in [1.165, 1.54) is 12.1 Å². The second kappa shape index (κ2) is 5.96. The third kappa shape index (κ3) is 3.21. The fourth-order valence-electron chi connectivity index (χ4n) is 1.88. The van der Waals surface area contributed by atoms with E-state index in [1.807, 2.05) is 12.1 Å². The van der Waals surface area contributed by atoms with Crippen LogP contribution >= 0.6 is 0 Å². The Hall–Kier alpha value is -3.35. The summed E-state index contributed by atoms with van der Waals surface area (Å²) in [5.41, 5.74) is 2.09. The number of carbonyl (C=O) groups excluding carboxylic acids is 1. The number of hydrogen-bond donors (Lipinski definition) is 3. The van der Waals surface area contributed by atoms with E-state index in [1.54, 1.807) is 41.3 Å². The van der Waals surface area contributed by atoms with Crippen molar-refractivity contribution in [2.24, 2.45) is 0 Å². The SMILES string of the molecule is O=C(Nc1ccc(O)cc1)Nc1ccc(-n2ccnn2)cc1. The molecule has 3 aromatic rings. The van der Waals surface area contributed by atoms with E-state index in [4.69, 9.17) is 0 Å². The van der Waals surface area contributed by atoms with Gasteiger partial charge < -0.3 is 15.7 Å². The van der Waals surface area contributed by atoms with E-state index in [0.29, 0.717) is 11.4 Å². The molecule has 22 heavy (non-hydrogen) atoms. The van der Waals surface area contributed by atoms with Crippen molar-refractivity contribution in [3.63, 3.8) is 0 Å². The summed E-state index contributed by atoms with van der Waals surface area (Å²) in [6, 6.07) is 13.1. The largest absolute Gasteiger partial charge is 0.508 e. The molecule has 0 aliphatic heterocycles. The van der Waals surface area contributed by atoms with Crippen LogP contribution in [0, 0.1) is 0 Å². The van der Waals surface area contributed by atoms with Crippen molar-refractivity contribution in [3.05, 3.63) is 60.9 Å². The normalized spacial score (nSPS) is 10.2.